The van der Waals surface area contributed by atoms with Gasteiger partial charge in [0, 0.05) is 11.6 Å². The molecule has 4 heteroatoms. The monoisotopic (exact) mass is 281 g/mol. The van der Waals surface area contributed by atoms with Crippen molar-refractivity contribution < 1.29 is 9.84 Å². The Hall–Kier alpha value is -1.29. The normalized spacial score (nSPS) is 11.9. The van der Waals surface area contributed by atoms with Gasteiger partial charge in [-0.1, -0.05) is 30.3 Å². The molecule has 0 bridgehead atoms. The fourth-order valence-corrected chi connectivity index (χ4v) is 2.14. The van der Waals surface area contributed by atoms with Gasteiger partial charge in [0.25, 0.3) is 0 Å². The van der Waals surface area contributed by atoms with Gasteiger partial charge in [-0.2, -0.15) is 0 Å². The first-order valence-corrected chi connectivity index (χ1v) is 6.26. The van der Waals surface area contributed by atoms with Crippen molar-refractivity contribution in [2.75, 3.05) is 13.2 Å². The van der Waals surface area contributed by atoms with Gasteiger partial charge in [0.2, 0.25) is 0 Å². The summed E-state index contributed by atoms with van der Waals surface area (Å²) in [7, 11) is 0. The van der Waals surface area contributed by atoms with Crippen LogP contribution in [0.4, 0.5) is 0 Å². The largest absolute Gasteiger partial charge is 0.494 e. The Morgan fingerprint density at radius 2 is 1.95 bits per heavy atom. The number of hydrogen-bond donors (Lipinski definition) is 2. The van der Waals surface area contributed by atoms with Gasteiger partial charge in [-0.25, -0.2) is 0 Å². The second-order valence-corrected chi connectivity index (χ2v) is 4.34. The van der Waals surface area contributed by atoms with Crippen molar-refractivity contribution in [3.63, 3.8) is 0 Å². The molecule has 0 heterocycles. The van der Waals surface area contributed by atoms with Crippen LogP contribution in [0.2, 0.25) is 0 Å². The Labute approximate surface area is 119 Å². The lowest BCUT2D eigenvalue weighted by Crippen LogP contribution is -2.27. The zero-order chi connectivity index (χ0) is 13.0. The van der Waals surface area contributed by atoms with Gasteiger partial charge < -0.3 is 15.6 Å². The zero-order valence-corrected chi connectivity index (χ0v) is 11.8. The van der Waals surface area contributed by atoms with Crippen molar-refractivity contribution in [3.05, 3.63) is 42.0 Å². The minimum absolute atomic E-state index is 0. The van der Waals surface area contributed by atoms with E-state index in [1.54, 1.807) is 0 Å². The van der Waals surface area contributed by atoms with Gasteiger partial charge in [0.15, 0.2) is 0 Å². The fraction of sp³-hybridized carbons (Fsp3) is 0.333. The zero-order valence-electron chi connectivity index (χ0n) is 11.0. The highest BCUT2D eigenvalue weighted by Crippen LogP contribution is 2.29. The van der Waals surface area contributed by atoms with E-state index in [-0.39, 0.29) is 25.1 Å². The number of fused-ring (bicyclic) bond motifs is 1. The van der Waals surface area contributed by atoms with Crippen LogP contribution in [0.25, 0.3) is 10.8 Å². The Balaban J connectivity index is 0.00000180. The van der Waals surface area contributed by atoms with E-state index in [0.29, 0.717) is 13.0 Å². The van der Waals surface area contributed by atoms with Gasteiger partial charge in [-0.15, -0.1) is 12.4 Å². The summed E-state index contributed by atoms with van der Waals surface area (Å²) in [6.45, 7) is 2.57. The summed E-state index contributed by atoms with van der Waals surface area (Å²) >= 11 is 0. The number of aliphatic hydroxyl groups excluding tert-OH is 1. The molecule has 0 amide bonds. The maximum absolute atomic E-state index is 9.12. The summed E-state index contributed by atoms with van der Waals surface area (Å²) in [5.41, 5.74) is 6.94. The van der Waals surface area contributed by atoms with E-state index in [4.69, 9.17) is 15.6 Å². The quantitative estimate of drug-likeness (QED) is 0.885. The molecule has 3 N–H and O–H groups in total. The Bertz CT molecular complexity index is 531. The molecule has 0 aliphatic heterocycles. The third kappa shape index (κ3) is 3.60. The molecule has 2 rings (SSSR count). The van der Waals surface area contributed by atoms with Gasteiger partial charge in [-0.05, 0) is 30.2 Å². The molecule has 2 aromatic carbocycles. The van der Waals surface area contributed by atoms with E-state index >= 15 is 0 Å². The lowest BCUT2D eigenvalue weighted by atomic mass is 9.98. The highest BCUT2D eigenvalue weighted by Gasteiger charge is 2.12. The van der Waals surface area contributed by atoms with Crippen molar-refractivity contribution in [2.24, 2.45) is 5.73 Å². The van der Waals surface area contributed by atoms with E-state index in [1.165, 1.54) is 5.39 Å². The third-order valence-corrected chi connectivity index (χ3v) is 3.00. The number of halogens is 1. The lowest BCUT2D eigenvalue weighted by molar-refractivity contribution is 0.264. The topological polar surface area (TPSA) is 55.5 Å². The standard InChI is InChI=1S/C15H19NO2.ClH/c1-2-18-15-8-7-11-5-3-4-6-13(11)14(15)9-12(16)10-17;/h3-8,12,17H,2,9-10,16H2,1H3;1H. The molecule has 0 aliphatic rings. The molecule has 104 valence electrons. The number of benzene rings is 2. The summed E-state index contributed by atoms with van der Waals surface area (Å²) in [5, 5.41) is 11.4. The van der Waals surface area contributed by atoms with Crippen LogP contribution in [-0.4, -0.2) is 24.4 Å². The number of aliphatic hydroxyl groups is 1. The molecule has 1 unspecified atom stereocenters. The van der Waals surface area contributed by atoms with Crippen LogP contribution in [0.15, 0.2) is 36.4 Å². The molecule has 0 fully saturated rings. The highest BCUT2D eigenvalue weighted by atomic mass is 35.5. The smallest absolute Gasteiger partial charge is 0.123 e. The van der Waals surface area contributed by atoms with Gasteiger partial charge >= 0.3 is 0 Å². The summed E-state index contributed by atoms with van der Waals surface area (Å²) in [6.07, 6.45) is 0.618. The third-order valence-electron chi connectivity index (χ3n) is 3.00. The van der Waals surface area contributed by atoms with E-state index < -0.39 is 0 Å². The second kappa shape index (κ2) is 7.34. The molecule has 2 aromatic rings. The fourth-order valence-electron chi connectivity index (χ4n) is 2.14. The van der Waals surface area contributed by atoms with Crippen molar-refractivity contribution in [3.8, 4) is 5.75 Å². The molecule has 0 saturated heterocycles. The molecule has 3 nitrogen and oxygen atoms in total. The Kier molecular flexibility index (Phi) is 6.09. The molecule has 0 radical (unpaired) electrons. The SMILES string of the molecule is CCOc1ccc2ccccc2c1CC(N)CO.Cl. The first-order valence-electron chi connectivity index (χ1n) is 6.26. The van der Waals surface area contributed by atoms with Gasteiger partial charge in [-0.3, -0.25) is 0 Å². The van der Waals surface area contributed by atoms with Crippen LogP contribution >= 0.6 is 12.4 Å². The molecule has 0 spiro atoms. The predicted octanol–water partition coefficient (Wildman–Crippen LogP) is 2.52. The molecule has 19 heavy (non-hydrogen) atoms. The molecule has 0 aromatic heterocycles. The van der Waals surface area contributed by atoms with E-state index in [1.807, 2.05) is 31.2 Å². The molecule has 1 atom stereocenters. The highest BCUT2D eigenvalue weighted by molar-refractivity contribution is 5.87. The van der Waals surface area contributed by atoms with Crippen molar-refractivity contribution in [1.29, 1.82) is 0 Å². The molecule has 0 aliphatic carbocycles. The van der Waals surface area contributed by atoms with Crippen molar-refractivity contribution >= 4 is 23.2 Å². The minimum Gasteiger partial charge on any atom is -0.494 e. The van der Waals surface area contributed by atoms with Crippen LogP contribution in [0.3, 0.4) is 0 Å². The second-order valence-electron chi connectivity index (χ2n) is 4.34. The van der Waals surface area contributed by atoms with Crippen LogP contribution in [-0.2, 0) is 6.42 Å². The number of hydrogen-bond acceptors (Lipinski definition) is 3. The molecule has 0 saturated carbocycles. The first kappa shape index (κ1) is 15.8. The van der Waals surface area contributed by atoms with E-state index in [2.05, 4.69) is 12.1 Å². The average Bonchev–Trinajstić information content (AvgIpc) is 2.41. The van der Waals surface area contributed by atoms with Crippen LogP contribution in [0.5, 0.6) is 5.75 Å². The summed E-state index contributed by atoms with van der Waals surface area (Å²) in [6, 6.07) is 11.9. The van der Waals surface area contributed by atoms with E-state index in [9.17, 15) is 0 Å². The number of ether oxygens (including phenoxy) is 1. The number of nitrogens with two attached hydrogens (primary N) is 1. The van der Waals surface area contributed by atoms with Crippen LogP contribution in [0, 0.1) is 0 Å². The Morgan fingerprint density at radius 1 is 1.21 bits per heavy atom. The first-order chi connectivity index (χ1) is 8.76. The van der Waals surface area contributed by atoms with Gasteiger partial charge in [0.05, 0.1) is 13.2 Å². The van der Waals surface area contributed by atoms with Crippen LogP contribution < -0.4 is 10.5 Å². The predicted molar refractivity (Wildman–Crippen MR) is 81.1 cm³/mol. The summed E-state index contributed by atoms with van der Waals surface area (Å²) < 4.78 is 5.65. The maximum atomic E-state index is 9.12. The van der Waals surface area contributed by atoms with Crippen molar-refractivity contribution in [2.45, 2.75) is 19.4 Å². The lowest BCUT2D eigenvalue weighted by Gasteiger charge is -2.16. The van der Waals surface area contributed by atoms with Crippen molar-refractivity contribution in [1.82, 2.24) is 0 Å². The summed E-state index contributed by atoms with van der Waals surface area (Å²) in [4.78, 5) is 0. The van der Waals surface area contributed by atoms with Gasteiger partial charge in [0.1, 0.15) is 5.75 Å². The Morgan fingerprint density at radius 3 is 2.63 bits per heavy atom. The molecular formula is C15H20ClNO2. The molecular weight excluding hydrogens is 262 g/mol. The number of rotatable bonds is 5. The van der Waals surface area contributed by atoms with Crippen LogP contribution in [0.1, 0.15) is 12.5 Å². The summed E-state index contributed by atoms with van der Waals surface area (Å²) in [5.74, 6) is 0.861. The van der Waals surface area contributed by atoms with E-state index in [0.717, 1.165) is 16.7 Å². The average molecular weight is 282 g/mol. The maximum Gasteiger partial charge on any atom is 0.123 e. The minimum atomic E-state index is -0.255.